The van der Waals surface area contributed by atoms with Crippen molar-refractivity contribution >= 4 is 5.91 Å². The number of halogens is 4. The van der Waals surface area contributed by atoms with Crippen LogP contribution in [-0.2, 0) is 17.5 Å². The second-order valence-electron chi connectivity index (χ2n) is 7.93. The van der Waals surface area contributed by atoms with Gasteiger partial charge < -0.3 is 5.32 Å². The molecule has 0 saturated carbocycles. The highest BCUT2D eigenvalue weighted by molar-refractivity contribution is 5.73. The van der Waals surface area contributed by atoms with Crippen LogP contribution in [0.3, 0.4) is 0 Å². The van der Waals surface area contributed by atoms with Gasteiger partial charge in [-0.05, 0) is 55.2 Å². The van der Waals surface area contributed by atoms with Crippen molar-refractivity contribution in [2.24, 2.45) is 0 Å². The number of piperidine rings is 1. The number of hydrogen-bond acceptors (Lipinski definition) is 2. The van der Waals surface area contributed by atoms with Crippen molar-refractivity contribution in [2.75, 3.05) is 6.54 Å². The normalized spacial score (nSPS) is 23.0. The lowest BCUT2D eigenvalue weighted by Gasteiger charge is -2.45. The van der Waals surface area contributed by atoms with Gasteiger partial charge in [0.15, 0.2) is 0 Å². The van der Waals surface area contributed by atoms with Gasteiger partial charge in [0.05, 0.1) is 5.56 Å². The molecule has 1 saturated heterocycles. The average Bonchev–Trinajstić information content (AvgIpc) is 2.64. The van der Waals surface area contributed by atoms with Crippen LogP contribution in [0.5, 0.6) is 0 Å². The largest absolute Gasteiger partial charge is 0.416 e. The molecule has 1 amide bonds. The van der Waals surface area contributed by atoms with Gasteiger partial charge in [-0.2, -0.15) is 13.2 Å². The molecule has 1 fully saturated rings. The molecule has 0 aromatic heterocycles. The van der Waals surface area contributed by atoms with Crippen molar-refractivity contribution in [1.29, 1.82) is 0 Å². The van der Waals surface area contributed by atoms with Crippen molar-refractivity contribution in [2.45, 2.75) is 51.0 Å². The Balaban J connectivity index is 1.88. The molecule has 2 unspecified atom stereocenters. The van der Waals surface area contributed by atoms with E-state index in [1.165, 1.54) is 31.2 Å². The lowest BCUT2D eigenvalue weighted by molar-refractivity contribution is -0.137. The van der Waals surface area contributed by atoms with Crippen molar-refractivity contribution < 1.29 is 22.4 Å². The SMILES string of the molecule is CC(=O)NC1(C)CCN(Cc2ccc(F)cc2)C(c2ccc(C(F)(F)F)cc2)C1. The fourth-order valence-electron chi connectivity index (χ4n) is 3.98. The highest BCUT2D eigenvalue weighted by atomic mass is 19.4. The van der Waals surface area contributed by atoms with Crippen molar-refractivity contribution in [1.82, 2.24) is 10.2 Å². The summed E-state index contributed by atoms with van der Waals surface area (Å²) in [5, 5.41) is 2.99. The van der Waals surface area contributed by atoms with Crippen molar-refractivity contribution in [3.05, 3.63) is 71.0 Å². The van der Waals surface area contributed by atoms with E-state index >= 15 is 0 Å². The van der Waals surface area contributed by atoms with Crippen LogP contribution in [0.25, 0.3) is 0 Å². The first kappa shape index (κ1) is 21.3. The van der Waals surface area contributed by atoms with Crippen molar-refractivity contribution in [3.63, 3.8) is 0 Å². The van der Waals surface area contributed by atoms with Crippen LogP contribution in [0.15, 0.2) is 48.5 Å². The minimum Gasteiger partial charge on any atom is -0.351 e. The fraction of sp³-hybridized carbons (Fsp3) is 0.409. The lowest BCUT2D eigenvalue weighted by Crippen LogP contribution is -2.53. The summed E-state index contributed by atoms with van der Waals surface area (Å²) in [7, 11) is 0. The van der Waals surface area contributed by atoms with E-state index < -0.39 is 17.3 Å². The molecule has 0 aliphatic carbocycles. The lowest BCUT2D eigenvalue weighted by atomic mass is 9.81. The van der Waals surface area contributed by atoms with Gasteiger partial charge in [0.2, 0.25) is 5.91 Å². The Morgan fingerprint density at radius 3 is 2.31 bits per heavy atom. The number of rotatable bonds is 4. The maximum atomic E-state index is 13.2. The standard InChI is InChI=1S/C22H24F4N2O/c1-15(29)27-21(2)11-12-28(14-16-3-9-19(23)10-4-16)20(13-21)17-5-7-18(8-6-17)22(24,25)26/h3-10,20H,11-14H2,1-2H3,(H,27,29). The van der Waals surface area contributed by atoms with Gasteiger partial charge in [0, 0.05) is 31.6 Å². The number of nitrogens with zero attached hydrogens (tertiary/aromatic N) is 1. The predicted octanol–water partition coefficient (Wildman–Crippen LogP) is 5.08. The predicted molar refractivity (Wildman–Crippen MR) is 102 cm³/mol. The first-order chi connectivity index (χ1) is 13.6. The Labute approximate surface area is 167 Å². The molecule has 1 aliphatic rings. The first-order valence-electron chi connectivity index (χ1n) is 9.50. The molecule has 1 aliphatic heterocycles. The third-order valence-electron chi connectivity index (χ3n) is 5.43. The molecule has 29 heavy (non-hydrogen) atoms. The summed E-state index contributed by atoms with van der Waals surface area (Å²) in [5.41, 5.74) is 0.549. The summed E-state index contributed by atoms with van der Waals surface area (Å²) in [6, 6.07) is 11.2. The van der Waals surface area contributed by atoms with E-state index in [-0.39, 0.29) is 17.8 Å². The molecule has 2 aromatic carbocycles. The third kappa shape index (κ3) is 5.35. The second kappa shape index (κ2) is 8.14. The summed E-state index contributed by atoms with van der Waals surface area (Å²) in [6.45, 7) is 4.62. The van der Waals surface area contributed by atoms with Crippen LogP contribution in [0, 0.1) is 5.82 Å². The molecule has 2 atom stereocenters. The smallest absolute Gasteiger partial charge is 0.351 e. The number of carbonyl (C=O) groups is 1. The molecule has 1 heterocycles. The Morgan fingerprint density at radius 1 is 1.14 bits per heavy atom. The molecular weight excluding hydrogens is 384 g/mol. The zero-order valence-corrected chi connectivity index (χ0v) is 16.4. The van der Waals surface area contributed by atoms with Crippen LogP contribution in [0.1, 0.15) is 49.4 Å². The van der Waals surface area contributed by atoms with Crippen LogP contribution in [0.4, 0.5) is 17.6 Å². The van der Waals surface area contributed by atoms with Crippen LogP contribution in [-0.4, -0.2) is 22.9 Å². The van der Waals surface area contributed by atoms with Crippen LogP contribution < -0.4 is 5.32 Å². The van der Waals surface area contributed by atoms with E-state index in [0.29, 0.717) is 25.9 Å². The molecule has 156 valence electrons. The van der Waals surface area contributed by atoms with Crippen LogP contribution in [0.2, 0.25) is 0 Å². The quantitative estimate of drug-likeness (QED) is 0.716. The number of amides is 1. The molecule has 2 aromatic rings. The summed E-state index contributed by atoms with van der Waals surface area (Å²) >= 11 is 0. The second-order valence-corrected chi connectivity index (χ2v) is 7.93. The molecule has 3 nitrogen and oxygen atoms in total. The number of carbonyl (C=O) groups excluding carboxylic acids is 1. The van der Waals surface area contributed by atoms with Gasteiger partial charge in [-0.25, -0.2) is 4.39 Å². The molecule has 0 spiro atoms. The van der Waals surface area contributed by atoms with Gasteiger partial charge in [-0.3, -0.25) is 9.69 Å². The molecule has 0 radical (unpaired) electrons. The van der Waals surface area contributed by atoms with E-state index in [1.807, 2.05) is 6.92 Å². The van der Waals surface area contributed by atoms with E-state index in [1.54, 1.807) is 12.1 Å². The topological polar surface area (TPSA) is 32.3 Å². The molecule has 0 bridgehead atoms. The van der Waals surface area contributed by atoms with Crippen molar-refractivity contribution in [3.8, 4) is 0 Å². The number of likely N-dealkylation sites (tertiary alicyclic amines) is 1. The summed E-state index contributed by atoms with van der Waals surface area (Å²) < 4.78 is 52.0. The number of nitrogens with one attached hydrogen (secondary N) is 1. The summed E-state index contributed by atoms with van der Waals surface area (Å²) in [6.07, 6.45) is -3.10. The third-order valence-corrected chi connectivity index (χ3v) is 5.43. The zero-order valence-electron chi connectivity index (χ0n) is 16.4. The molecular formula is C22H24F4N2O. The highest BCUT2D eigenvalue weighted by Gasteiger charge is 2.38. The summed E-state index contributed by atoms with van der Waals surface area (Å²) in [4.78, 5) is 13.8. The van der Waals surface area contributed by atoms with Gasteiger partial charge >= 0.3 is 6.18 Å². The van der Waals surface area contributed by atoms with Crippen LogP contribution >= 0.6 is 0 Å². The Kier molecular flexibility index (Phi) is 5.98. The minimum absolute atomic E-state index is 0.134. The number of hydrogen-bond donors (Lipinski definition) is 1. The van der Waals surface area contributed by atoms with E-state index in [0.717, 1.165) is 23.3 Å². The zero-order chi connectivity index (χ0) is 21.2. The highest BCUT2D eigenvalue weighted by Crippen LogP contribution is 2.38. The fourth-order valence-corrected chi connectivity index (χ4v) is 3.98. The summed E-state index contributed by atoms with van der Waals surface area (Å²) in [5.74, 6) is -0.449. The maximum absolute atomic E-state index is 13.2. The average molecular weight is 408 g/mol. The molecule has 7 heteroatoms. The van der Waals surface area contributed by atoms with Gasteiger partial charge in [-0.15, -0.1) is 0 Å². The first-order valence-corrected chi connectivity index (χ1v) is 9.50. The Hall–Kier alpha value is -2.41. The Morgan fingerprint density at radius 2 is 1.76 bits per heavy atom. The molecule has 3 rings (SSSR count). The van der Waals surface area contributed by atoms with E-state index in [4.69, 9.17) is 0 Å². The maximum Gasteiger partial charge on any atom is 0.416 e. The van der Waals surface area contributed by atoms with Gasteiger partial charge in [0.25, 0.3) is 0 Å². The van der Waals surface area contributed by atoms with Gasteiger partial charge in [0.1, 0.15) is 5.82 Å². The monoisotopic (exact) mass is 408 g/mol. The molecule has 1 N–H and O–H groups in total. The number of alkyl halides is 3. The Bertz CT molecular complexity index is 849. The number of benzene rings is 2. The van der Waals surface area contributed by atoms with Gasteiger partial charge in [-0.1, -0.05) is 24.3 Å². The van der Waals surface area contributed by atoms with E-state index in [2.05, 4.69) is 10.2 Å². The minimum atomic E-state index is -4.39. The van der Waals surface area contributed by atoms with E-state index in [9.17, 15) is 22.4 Å².